The molecule has 0 bridgehead atoms. The van der Waals surface area contributed by atoms with Gasteiger partial charge in [-0.25, -0.2) is 4.98 Å². The Morgan fingerprint density at radius 2 is 2.17 bits per heavy atom. The maximum absolute atomic E-state index is 12.7. The molecule has 1 aromatic heterocycles. The van der Waals surface area contributed by atoms with E-state index in [-0.39, 0.29) is 11.8 Å². The van der Waals surface area contributed by atoms with Crippen molar-refractivity contribution in [1.29, 1.82) is 0 Å². The molecular weight excluding hydrogens is 322 g/mol. The summed E-state index contributed by atoms with van der Waals surface area (Å²) in [6.07, 6.45) is 1.92. The van der Waals surface area contributed by atoms with Crippen LogP contribution in [0.2, 0.25) is 0 Å². The van der Waals surface area contributed by atoms with Gasteiger partial charge in [0.05, 0.1) is 29.3 Å². The number of aryl methyl sites for hydroxylation is 1. The van der Waals surface area contributed by atoms with Crippen LogP contribution in [-0.2, 0) is 16.0 Å². The van der Waals surface area contributed by atoms with E-state index in [1.165, 1.54) is 10.3 Å². The number of carbonyl (C=O) groups excluding carboxylic acids is 1. The zero-order chi connectivity index (χ0) is 16.5. The number of morpholine rings is 1. The first-order valence-corrected chi connectivity index (χ1v) is 9.58. The Morgan fingerprint density at radius 3 is 2.96 bits per heavy atom. The highest BCUT2D eigenvalue weighted by atomic mass is 32.1. The number of rotatable bonds is 3. The lowest BCUT2D eigenvalue weighted by atomic mass is 10.1. The number of ether oxygens (including phenoxy) is 1. The third-order valence-corrected chi connectivity index (χ3v) is 6.08. The minimum Gasteiger partial charge on any atom is -0.378 e. The smallest absolute Gasteiger partial charge is 0.227 e. The summed E-state index contributed by atoms with van der Waals surface area (Å²) in [5.41, 5.74) is 2.43. The van der Waals surface area contributed by atoms with Gasteiger partial charge in [-0.05, 0) is 24.5 Å². The monoisotopic (exact) mass is 345 g/mol. The fourth-order valence-corrected chi connectivity index (χ4v) is 4.64. The van der Waals surface area contributed by atoms with Crippen LogP contribution in [0.25, 0.3) is 10.2 Å². The number of nitrogens with zero attached hydrogens (tertiary/aromatic N) is 3. The summed E-state index contributed by atoms with van der Waals surface area (Å²) in [5.74, 6) is 0.386. The van der Waals surface area contributed by atoms with Gasteiger partial charge in [-0.1, -0.05) is 30.4 Å². The molecule has 2 aromatic rings. The first-order valence-electron chi connectivity index (χ1n) is 8.76. The minimum atomic E-state index is 0.0979. The van der Waals surface area contributed by atoms with Gasteiger partial charge in [-0.2, -0.15) is 0 Å². The zero-order valence-corrected chi connectivity index (χ0v) is 14.8. The van der Waals surface area contributed by atoms with E-state index in [1.54, 1.807) is 11.3 Å². The number of anilines is 1. The Morgan fingerprint density at radius 1 is 1.33 bits per heavy atom. The lowest BCUT2D eigenvalue weighted by Gasteiger charge is -2.29. The molecule has 0 aliphatic carbocycles. The Labute approximate surface area is 146 Å². The average Bonchev–Trinajstić information content (AvgIpc) is 3.28. The molecule has 1 unspecified atom stereocenters. The van der Waals surface area contributed by atoms with Gasteiger partial charge in [0.25, 0.3) is 0 Å². The summed E-state index contributed by atoms with van der Waals surface area (Å²) in [6, 6.07) is 6.40. The number of para-hydroxylation sites is 1. The summed E-state index contributed by atoms with van der Waals surface area (Å²) < 4.78 is 6.59. The molecule has 2 fully saturated rings. The molecule has 1 aromatic carbocycles. The molecule has 1 atom stereocenters. The van der Waals surface area contributed by atoms with Gasteiger partial charge < -0.3 is 14.5 Å². The molecule has 24 heavy (non-hydrogen) atoms. The molecule has 2 aliphatic rings. The van der Waals surface area contributed by atoms with Crippen LogP contribution in [0.15, 0.2) is 18.2 Å². The van der Waals surface area contributed by atoms with E-state index in [2.05, 4.69) is 30.0 Å². The highest BCUT2D eigenvalue weighted by molar-refractivity contribution is 7.22. The van der Waals surface area contributed by atoms with Gasteiger partial charge in [0.2, 0.25) is 5.91 Å². The van der Waals surface area contributed by atoms with Crippen molar-refractivity contribution in [1.82, 2.24) is 9.88 Å². The van der Waals surface area contributed by atoms with E-state index in [9.17, 15) is 4.79 Å². The molecule has 0 saturated carbocycles. The highest BCUT2D eigenvalue weighted by Gasteiger charge is 2.33. The van der Waals surface area contributed by atoms with Crippen molar-refractivity contribution >= 4 is 32.6 Å². The maximum atomic E-state index is 12.7. The molecule has 0 N–H and O–H groups in total. The quantitative estimate of drug-likeness (QED) is 0.858. The van der Waals surface area contributed by atoms with Crippen LogP contribution in [0.1, 0.15) is 18.9 Å². The third-order valence-electron chi connectivity index (χ3n) is 5.00. The van der Waals surface area contributed by atoms with Crippen molar-refractivity contribution in [3.8, 4) is 0 Å². The van der Waals surface area contributed by atoms with Gasteiger partial charge in [-0.15, -0.1) is 0 Å². The van der Waals surface area contributed by atoms with Crippen LogP contribution in [-0.4, -0.2) is 55.2 Å². The fourth-order valence-electron chi connectivity index (χ4n) is 3.59. The van der Waals surface area contributed by atoms with Crippen molar-refractivity contribution in [3.63, 3.8) is 0 Å². The van der Waals surface area contributed by atoms with Crippen LogP contribution < -0.4 is 4.90 Å². The Balaban J connectivity index is 1.49. The Kier molecular flexibility index (Phi) is 4.41. The normalized spacial score (nSPS) is 21.6. The lowest BCUT2D eigenvalue weighted by molar-refractivity contribution is -0.138. The second-order valence-corrected chi connectivity index (χ2v) is 7.49. The molecule has 6 heteroatoms. The van der Waals surface area contributed by atoms with E-state index in [1.807, 2.05) is 4.90 Å². The molecular formula is C18H23N3O2S. The number of aromatic nitrogens is 1. The fraction of sp³-hybridized carbons (Fsp3) is 0.556. The van der Waals surface area contributed by atoms with Crippen LogP contribution in [0, 0.1) is 5.92 Å². The topological polar surface area (TPSA) is 45.7 Å². The second-order valence-electron chi connectivity index (χ2n) is 6.48. The van der Waals surface area contributed by atoms with Gasteiger partial charge in [-0.3, -0.25) is 4.79 Å². The number of fused-ring (bicyclic) bond motifs is 1. The van der Waals surface area contributed by atoms with Crippen LogP contribution in [0.5, 0.6) is 0 Å². The molecule has 128 valence electrons. The molecule has 0 radical (unpaired) electrons. The number of benzene rings is 1. The summed E-state index contributed by atoms with van der Waals surface area (Å²) in [5, 5.41) is 1.06. The van der Waals surface area contributed by atoms with Crippen LogP contribution >= 0.6 is 11.3 Å². The maximum Gasteiger partial charge on any atom is 0.227 e. The predicted molar refractivity (Wildman–Crippen MR) is 96.7 cm³/mol. The molecule has 2 aliphatic heterocycles. The molecule has 0 spiro atoms. The van der Waals surface area contributed by atoms with Crippen molar-refractivity contribution in [3.05, 3.63) is 23.8 Å². The van der Waals surface area contributed by atoms with Crippen molar-refractivity contribution in [2.75, 3.05) is 44.3 Å². The summed E-state index contributed by atoms with van der Waals surface area (Å²) in [6.45, 7) is 6.67. The minimum absolute atomic E-state index is 0.0979. The molecule has 1 amide bonds. The van der Waals surface area contributed by atoms with Crippen molar-refractivity contribution in [2.24, 2.45) is 5.92 Å². The van der Waals surface area contributed by atoms with Crippen molar-refractivity contribution < 1.29 is 9.53 Å². The Bertz CT molecular complexity index is 739. The van der Waals surface area contributed by atoms with E-state index in [4.69, 9.17) is 9.72 Å². The largest absolute Gasteiger partial charge is 0.378 e. The average molecular weight is 345 g/mol. The van der Waals surface area contributed by atoms with Gasteiger partial charge in [0, 0.05) is 26.2 Å². The van der Waals surface area contributed by atoms with E-state index < -0.39 is 0 Å². The first-order chi connectivity index (χ1) is 11.8. The highest BCUT2D eigenvalue weighted by Crippen LogP contribution is 2.34. The molecule has 3 heterocycles. The van der Waals surface area contributed by atoms with Crippen LogP contribution in [0.4, 0.5) is 5.13 Å². The first kappa shape index (κ1) is 15.8. The Hall–Kier alpha value is -1.66. The molecule has 5 nitrogen and oxygen atoms in total. The predicted octanol–water partition coefficient (Wildman–Crippen LogP) is 2.54. The van der Waals surface area contributed by atoms with Gasteiger partial charge >= 0.3 is 0 Å². The van der Waals surface area contributed by atoms with Gasteiger partial charge in [0.15, 0.2) is 5.13 Å². The number of thiazole rings is 1. The summed E-state index contributed by atoms with van der Waals surface area (Å²) in [4.78, 5) is 21.8. The molecule has 4 rings (SSSR count). The second kappa shape index (κ2) is 6.69. The van der Waals surface area contributed by atoms with Gasteiger partial charge in [0.1, 0.15) is 0 Å². The standard InChI is InChI=1S/C18H23N3O2S/c1-2-13-4-3-5-15-16(13)19-18(24-15)21-7-6-14(12-21)17(22)20-8-10-23-11-9-20/h3-5,14H,2,6-12H2,1H3. The van der Waals surface area contributed by atoms with E-state index in [0.717, 1.165) is 49.7 Å². The summed E-state index contributed by atoms with van der Waals surface area (Å²) >= 11 is 1.74. The van der Waals surface area contributed by atoms with E-state index in [0.29, 0.717) is 13.2 Å². The van der Waals surface area contributed by atoms with E-state index >= 15 is 0 Å². The molecule has 2 saturated heterocycles. The number of hydrogen-bond acceptors (Lipinski definition) is 5. The van der Waals surface area contributed by atoms with Crippen molar-refractivity contribution in [2.45, 2.75) is 19.8 Å². The summed E-state index contributed by atoms with van der Waals surface area (Å²) in [7, 11) is 0. The third kappa shape index (κ3) is 2.89. The zero-order valence-electron chi connectivity index (χ0n) is 14.0. The SMILES string of the molecule is CCc1cccc2sc(N3CCC(C(=O)N4CCOCC4)C3)nc12. The van der Waals surface area contributed by atoms with Crippen LogP contribution in [0.3, 0.4) is 0 Å². The number of carbonyl (C=O) groups is 1. The number of amides is 1. The number of hydrogen-bond donors (Lipinski definition) is 0. The lowest BCUT2D eigenvalue weighted by Crippen LogP contribution is -2.44.